The second-order valence-corrected chi connectivity index (χ2v) is 6.46. The molecule has 112 valence electrons. The number of hydrogen-bond donors (Lipinski definition) is 1. The molecule has 0 spiro atoms. The maximum absolute atomic E-state index is 3.70. The van der Waals surface area contributed by atoms with Crippen LogP contribution >= 0.6 is 0 Å². The summed E-state index contributed by atoms with van der Waals surface area (Å²) in [6, 6.07) is 9.65. The summed E-state index contributed by atoms with van der Waals surface area (Å²) in [5.41, 5.74) is 2.89. The van der Waals surface area contributed by atoms with Crippen LogP contribution in [0.2, 0.25) is 0 Å². The van der Waals surface area contributed by atoms with Crippen LogP contribution in [-0.4, -0.2) is 6.54 Å². The Hall–Kier alpha value is -0.820. The standard InChI is InChI=1S/C19H31N/c1-3-7-17-10-12-19(13-11-17)16(2)20-15-14-18-8-5-4-6-9-18/h10-13,16,18,20H,3-9,14-15H2,1-2H3. The molecule has 0 aliphatic heterocycles. The molecule has 1 atom stereocenters. The Bertz CT molecular complexity index is 362. The van der Waals surface area contributed by atoms with Crippen LogP contribution in [0.15, 0.2) is 24.3 Å². The van der Waals surface area contributed by atoms with Crippen LogP contribution in [0, 0.1) is 5.92 Å². The lowest BCUT2D eigenvalue weighted by atomic mass is 9.87. The minimum atomic E-state index is 0.481. The fourth-order valence-corrected chi connectivity index (χ4v) is 3.36. The highest BCUT2D eigenvalue weighted by atomic mass is 14.9. The summed E-state index contributed by atoms with van der Waals surface area (Å²) >= 11 is 0. The molecule has 1 fully saturated rings. The molecule has 0 heterocycles. The van der Waals surface area contributed by atoms with E-state index in [9.17, 15) is 0 Å². The molecule has 1 heteroatoms. The normalized spacial score (nSPS) is 18.1. The van der Waals surface area contributed by atoms with Crippen LogP contribution in [0.1, 0.15) is 76.0 Å². The summed E-state index contributed by atoms with van der Waals surface area (Å²) in [6.45, 7) is 5.70. The monoisotopic (exact) mass is 273 g/mol. The molecule has 0 amide bonds. The minimum absolute atomic E-state index is 0.481. The SMILES string of the molecule is CCCc1ccc(C(C)NCCC2CCCCC2)cc1. The lowest BCUT2D eigenvalue weighted by molar-refractivity contribution is 0.329. The third-order valence-corrected chi connectivity index (χ3v) is 4.75. The number of benzene rings is 1. The molecule has 1 N–H and O–H groups in total. The maximum atomic E-state index is 3.70. The van der Waals surface area contributed by atoms with Crippen molar-refractivity contribution in [3.05, 3.63) is 35.4 Å². The van der Waals surface area contributed by atoms with E-state index in [2.05, 4.69) is 43.4 Å². The molecule has 1 unspecified atom stereocenters. The van der Waals surface area contributed by atoms with E-state index in [0.29, 0.717) is 6.04 Å². The van der Waals surface area contributed by atoms with Crippen molar-refractivity contribution >= 4 is 0 Å². The van der Waals surface area contributed by atoms with Gasteiger partial charge < -0.3 is 5.32 Å². The average Bonchev–Trinajstić information content (AvgIpc) is 2.49. The maximum Gasteiger partial charge on any atom is 0.0291 e. The van der Waals surface area contributed by atoms with Crippen molar-refractivity contribution in [2.24, 2.45) is 5.92 Å². The first-order chi connectivity index (χ1) is 9.79. The van der Waals surface area contributed by atoms with Crippen molar-refractivity contribution in [1.29, 1.82) is 0 Å². The fourth-order valence-electron chi connectivity index (χ4n) is 3.36. The van der Waals surface area contributed by atoms with Crippen molar-refractivity contribution in [3.8, 4) is 0 Å². The zero-order chi connectivity index (χ0) is 14.2. The van der Waals surface area contributed by atoms with E-state index in [4.69, 9.17) is 0 Å². The predicted octanol–water partition coefficient (Wildman–Crippen LogP) is 5.26. The molecule has 0 bridgehead atoms. The van der Waals surface area contributed by atoms with Gasteiger partial charge in [0.1, 0.15) is 0 Å². The van der Waals surface area contributed by atoms with Gasteiger partial charge in [-0.15, -0.1) is 0 Å². The number of rotatable bonds is 7. The third-order valence-electron chi connectivity index (χ3n) is 4.75. The van der Waals surface area contributed by atoms with Gasteiger partial charge in [-0.25, -0.2) is 0 Å². The van der Waals surface area contributed by atoms with Gasteiger partial charge in [0.25, 0.3) is 0 Å². The second-order valence-electron chi connectivity index (χ2n) is 6.46. The quantitative estimate of drug-likeness (QED) is 0.714. The van der Waals surface area contributed by atoms with E-state index in [1.54, 1.807) is 0 Å². The minimum Gasteiger partial charge on any atom is -0.310 e. The summed E-state index contributed by atoms with van der Waals surface area (Å²) in [7, 11) is 0. The van der Waals surface area contributed by atoms with Crippen molar-refractivity contribution in [3.63, 3.8) is 0 Å². The van der Waals surface area contributed by atoms with Crippen LogP contribution in [-0.2, 0) is 6.42 Å². The van der Waals surface area contributed by atoms with Crippen LogP contribution in [0.4, 0.5) is 0 Å². The third kappa shape index (κ3) is 4.94. The lowest BCUT2D eigenvalue weighted by Gasteiger charge is -2.22. The van der Waals surface area contributed by atoms with E-state index in [-0.39, 0.29) is 0 Å². The second kappa shape index (κ2) is 8.46. The molecule has 1 aliphatic rings. The molecule has 1 nitrogen and oxygen atoms in total. The highest BCUT2D eigenvalue weighted by molar-refractivity contribution is 5.24. The molecular formula is C19H31N. The first-order valence-corrected chi connectivity index (χ1v) is 8.62. The van der Waals surface area contributed by atoms with Crippen molar-refractivity contribution < 1.29 is 0 Å². The highest BCUT2D eigenvalue weighted by Crippen LogP contribution is 2.26. The Morgan fingerprint density at radius 1 is 1.10 bits per heavy atom. The lowest BCUT2D eigenvalue weighted by Crippen LogP contribution is -2.22. The topological polar surface area (TPSA) is 12.0 Å². The number of aryl methyl sites for hydroxylation is 1. The Balaban J connectivity index is 1.71. The van der Waals surface area contributed by atoms with Crippen molar-refractivity contribution in [2.45, 2.75) is 71.3 Å². The summed E-state index contributed by atoms with van der Waals surface area (Å²) in [4.78, 5) is 0. The molecule has 0 saturated heterocycles. The van der Waals surface area contributed by atoms with E-state index in [1.807, 2.05) is 0 Å². The Morgan fingerprint density at radius 3 is 2.45 bits per heavy atom. The predicted molar refractivity (Wildman–Crippen MR) is 88.0 cm³/mol. The van der Waals surface area contributed by atoms with Crippen LogP contribution in [0.3, 0.4) is 0 Å². The molecule has 1 aromatic rings. The number of hydrogen-bond acceptors (Lipinski definition) is 1. The zero-order valence-corrected chi connectivity index (χ0v) is 13.3. The summed E-state index contributed by atoms with van der Waals surface area (Å²) in [6.07, 6.45) is 11.1. The first-order valence-electron chi connectivity index (χ1n) is 8.62. The summed E-state index contributed by atoms with van der Waals surface area (Å²) < 4.78 is 0. The van der Waals surface area contributed by atoms with Gasteiger partial charge >= 0.3 is 0 Å². The molecule has 20 heavy (non-hydrogen) atoms. The van der Waals surface area contributed by atoms with Gasteiger partial charge in [-0.05, 0) is 43.4 Å². The van der Waals surface area contributed by atoms with E-state index >= 15 is 0 Å². The van der Waals surface area contributed by atoms with Crippen LogP contribution in [0.5, 0.6) is 0 Å². The number of nitrogens with one attached hydrogen (secondary N) is 1. The molecule has 1 aromatic carbocycles. The van der Waals surface area contributed by atoms with Gasteiger partial charge in [-0.1, -0.05) is 69.7 Å². The van der Waals surface area contributed by atoms with Gasteiger partial charge in [-0.2, -0.15) is 0 Å². The molecule has 2 rings (SSSR count). The van der Waals surface area contributed by atoms with Crippen LogP contribution < -0.4 is 5.32 Å². The highest BCUT2D eigenvalue weighted by Gasteiger charge is 2.13. The molecule has 1 saturated carbocycles. The summed E-state index contributed by atoms with van der Waals surface area (Å²) in [5, 5.41) is 3.70. The van der Waals surface area contributed by atoms with E-state index in [1.165, 1.54) is 69.0 Å². The van der Waals surface area contributed by atoms with Gasteiger partial charge in [0, 0.05) is 6.04 Å². The van der Waals surface area contributed by atoms with Crippen LogP contribution in [0.25, 0.3) is 0 Å². The van der Waals surface area contributed by atoms with Crippen molar-refractivity contribution in [2.75, 3.05) is 6.54 Å². The fraction of sp³-hybridized carbons (Fsp3) is 0.684. The van der Waals surface area contributed by atoms with Gasteiger partial charge in [-0.3, -0.25) is 0 Å². The zero-order valence-electron chi connectivity index (χ0n) is 13.3. The van der Waals surface area contributed by atoms with Crippen molar-refractivity contribution in [1.82, 2.24) is 5.32 Å². The van der Waals surface area contributed by atoms with Gasteiger partial charge in [0.2, 0.25) is 0 Å². The first kappa shape index (κ1) is 15.6. The molecular weight excluding hydrogens is 242 g/mol. The van der Waals surface area contributed by atoms with E-state index in [0.717, 1.165) is 5.92 Å². The molecule has 1 aliphatic carbocycles. The van der Waals surface area contributed by atoms with E-state index < -0.39 is 0 Å². The Kier molecular flexibility index (Phi) is 6.59. The average molecular weight is 273 g/mol. The smallest absolute Gasteiger partial charge is 0.0291 e. The Morgan fingerprint density at radius 2 is 1.80 bits per heavy atom. The van der Waals surface area contributed by atoms with Gasteiger partial charge in [0.05, 0.1) is 0 Å². The summed E-state index contributed by atoms with van der Waals surface area (Å²) in [5.74, 6) is 0.982. The largest absolute Gasteiger partial charge is 0.310 e. The van der Waals surface area contributed by atoms with Gasteiger partial charge in [0.15, 0.2) is 0 Å². The molecule has 0 aromatic heterocycles. The Labute approximate surface area is 125 Å². The molecule has 0 radical (unpaired) electrons.